The highest BCUT2D eigenvalue weighted by Gasteiger charge is 2.17. The van der Waals surface area contributed by atoms with Crippen LogP contribution < -0.4 is 5.32 Å². The maximum atomic E-state index is 12.3. The molecule has 274 valence electrons. The Morgan fingerprint density at radius 3 is 1.13 bits per heavy atom. The zero-order chi connectivity index (χ0) is 33.6. The molecule has 2 unspecified atom stereocenters. The fraction of sp³-hybridized carbons (Fsp3) is 0.929. The number of hydrogen-bond acceptors (Lipinski definition) is 3. The van der Waals surface area contributed by atoms with Crippen LogP contribution >= 0.6 is 0 Å². The van der Waals surface area contributed by atoms with E-state index in [-0.39, 0.29) is 12.5 Å². The Morgan fingerprint density at radius 1 is 0.500 bits per heavy atom. The molecule has 0 aromatic carbocycles. The van der Waals surface area contributed by atoms with Crippen LogP contribution in [0.3, 0.4) is 0 Å². The van der Waals surface area contributed by atoms with Crippen LogP contribution in [0.25, 0.3) is 0 Å². The Morgan fingerprint density at radius 2 is 0.804 bits per heavy atom. The minimum atomic E-state index is -0.831. The van der Waals surface area contributed by atoms with E-state index >= 15 is 0 Å². The van der Waals surface area contributed by atoms with Gasteiger partial charge in [-0.15, -0.1) is 0 Å². The van der Waals surface area contributed by atoms with Gasteiger partial charge < -0.3 is 15.5 Å². The lowest BCUT2D eigenvalue weighted by Gasteiger charge is -2.20. The molecule has 0 bridgehead atoms. The van der Waals surface area contributed by atoms with Crippen molar-refractivity contribution in [3.05, 3.63) is 12.2 Å². The number of nitrogens with one attached hydrogen (secondary N) is 1. The number of amides is 1. The van der Waals surface area contributed by atoms with Crippen LogP contribution in [0.2, 0.25) is 0 Å². The van der Waals surface area contributed by atoms with Crippen molar-refractivity contribution in [3.8, 4) is 0 Å². The zero-order valence-corrected chi connectivity index (χ0v) is 31.4. The summed E-state index contributed by atoms with van der Waals surface area (Å²) in [7, 11) is 0. The van der Waals surface area contributed by atoms with Gasteiger partial charge in [0.05, 0.1) is 18.8 Å². The molecule has 4 nitrogen and oxygen atoms in total. The number of carbonyl (C=O) groups excluding carboxylic acids is 1. The average Bonchev–Trinajstić information content (AvgIpc) is 3.06. The molecule has 0 aliphatic carbocycles. The van der Waals surface area contributed by atoms with E-state index in [1.54, 1.807) is 6.08 Å². The first-order chi connectivity index (χ1) is 22.7. The maximum absolute atomic E-state index is 12.3. The van der Waals surface area contributed by atoms with Crippen molar-refractivity contribution in [3.63, 3.8) is 0 Å². The third-order valence-electron chi connectivity index (χ3n) is 9.77. The van der Waals surface area contributed by atoms with E-state index in [1.165, 1.54) is 186 Å². The highest BCUT2D eigenvalue weighted by Crippen LogP contribution is 2.16. The van der Waals surface area contributed by atoms with Gasteiger partial charge in [-0.1, -0.05) is 219 Å². The molecule has 0 heterocycles. The normalized spacial score (nSPS) is 13.0. The fourth-order valence-corrected chi connectivity index (χ4v) is 6.53. The van der Waals surface area contributed by atoms with Crippen molar-refractivity contribution < 1.29 is 15.0 Å². The van der Waals surface area contributed by atoms with Gasteiger partial charge >= 0.3 is 0 Å². The number of allylic oxidation sites excluding steroid dienone is 1. The van der Waals surface area contributed by atoms with E-state index in [4.69, 9.17) is 0 Å². The zero-order valence-electron chi connectivity index (χ0n) is 31.4. The van der Waals surface area contributed by atoms with E-state index in [0.717, 1.165) is 25.7 Å². The molecule has 0 aliphatic rings. The number of unbranched alkanes of at least 4 members (excludes halogenated alkanes) is 31. The van der Waals surface area contributed by atoms with Crippen LogP contribution in [0.4, 0.5) is 0 Å². The Kier molecular flexibility index (Phi) is 37.8. The van der Waals surface area contributed by atoms with Crippen molar-refractivity contribution in [2.75, 3.05) is 6.61 Å². The first kappa shape index (κ1) is 45.1. The molecular weight excluding hydrogens is 566 g/mol. The summed E-state index contributed by atoms with van der Waals surface area (Å²) in [4.78, 5) is 12.3. The van der Waals surface area contributed by atoms with Crippen LogP contribution in [0.1, 0.15) is 232 Å². The number of rotatable bonds is 38. The lowest BCUT2D eigenvalue weighted by molar-refractivity contribution is -0.123. The predicted molar refractivity (Wildman–Crippen MR) is 202 cm³/mol. The molecule has 4 heteroatoms. The van der Waals surface area contributed by atoms with Gasteiger partial charge in [0.15, 0.2) is 0 Å². The minimum absolute atomic E-state index is 0.0617. The predicted octanol–water partition coefficient (Wildman–Crippen LogP) is 12.7. The third-order valence-corrected chi connectivity index (χ3v) is 9.77. The van der Waals surface area contributed by atoms with E-state index < -0.39 is 12.1 Å². The molecule has 0 radical (unpaired) electrons. The van der Waals surface area contributed by atoms with E-state index in [2.05, 4.69) is 19.2 Å². The summed E-state index contributed by atoms with van der Waals surface area (Å²) >= 11 is 0. The van der Waals surface area contributed by atoms with E-state index in [9.17, 15) is 15.0 Å². The third kappa shape index (κ3) is 34.5. The maximum Gasteiger partial charge on any atom is 0.220 e. The molecule has 0 fully saturated rings. The minimum Gasteiger partial charge on any atom is -0.394 e. The van der Waals surface area contributed by atoms with Crippen LogP contribution in [0, 0.1) is 0 Å². The first-order valence-corrected chi connectivity index (χ1v) is 20.9. The molecule has 0 aromatic rings. The summed E-state index contributed by atoms with van der Waals surface area (Å²) in [6, 6.07) is -0.614. The van der Waals surface area contributed by atoms with Gasteiger partial charge in [-0.2, -0.15) is 0 Å². The lowest BCUT2D eigenvalue weighted by Crippen LogP contribution is -2.45. The van der Waals surface area contributed by atoms with Gasteiger partial charge in [0.1, 0.15) is 0 Å². The quantitative estimate of drug-likeness (QED) is 0.0460. The van der Waals surface area contributed by atoms with Crippen LogP contribution in [-0.4, -0.2) is 34.9 Å². The summed E-state index contributed by atoms with van der Waals surface area (Å²) < 4.78 is 0. The van der Waals surface area contributed by atoms with Crippen molar-refractivity contribution in [1.82, 2.24) is 5.32 Å². The Bertz CT molecular complexity index is 622. The molecule has 46 heavy (non-hydrogen) atoms. The topological polar surface area (TPSA) is 69.6 Å². The second-order valence-corrected chi connectivity index (χ2v) is 14.4. The van der Waals surface area contributed by atoms with Gasteiger partial charge in [0.25, 0.3) is 0 Å². The SMILES string of the molecule is CCCCCCCCCC/C=C/C(O)C(CO)NC(=O)CCCCCCCCCCCCCCCCCCCCCCCCCC. The Balaban J connectivity index is 3.45. The molecule has 0 aliphatic heterocycles. The summed E-state index contributed by atoms with van der Waals surface area (Å²) in [5.74, 6) is -0.0617. The molecular formula is C42H83NO3. The van der Waals surface area contributed by atoms with Crippen molar-refractivity contribution in [2.45, 2.75) is 244 Å². The first-order valence-electron chi connectivity index (χ1n) is 20.9. The summed E-state index contributed by atoms with van der Waals surface area (Å²) in [6.07, 6.45) is 47.5. The van der Waals surface area contributed by atoms with Crippen molar-refractivity contribution in [2.24, 2.45) is 0 Å². The average molecular weight is 650 g/mol. The Hall–Kier alpha value is -0.870. The molecule has 0 rings (SSSR count). The lowest BCUT2D eigenvalue weighted by atomic mass is 10.0. The highest BCUT2D eigenvalue weighted by atomic mass is 16.3. The summed E-state index contributed by atoms with van der Waals surface area (Å²) in [6.45, 7) is 4.30. The van der Waals surface area contributed by atoms with Crippen molar-refractivity contribution >= 4 is 5.91 Å². The smallest absolute Gasteiger partial charge is 0.220 e. The molecule has 3 N–H and O–H groups in total. The number of aliphatic hydroxyl groups excluding tert-OH is 2. The van der Waals surface area contributed by atoms with Gasteiger partial charge in [-0.25, -0.2) is 0 Å². The number of carbonyl (C=O) groups is 1. The van der Waals surface area contributed by atoms with Crippen LogP contribution in [0.5, 0.6) is 0 Å². The fourth-order valence-electron chi connectivity index (χ4n) is 6.53. The van der Waals surface area contributed by atoms with Crippen molar-refractivity contribution in [1.29, 1.82) is 0 Å². The molecule has 2 atom stereocenters. The molecule has 0 aromatic heterocycles. The van der Waals surface area contributed by atoms with E-state index in [0.29, 0.717) is 6.42 Å². The summed E-state index contributed by atoms with van der Waals surface area (Å²) in [5.41, 5.74) is 0. The molecule has 0 spiro atoms. The molecule has 0 saturated carbocycles. The van der Waals surface area contributed by atoms with Crippen LogP contribution in [-0.2, 0) is 4.79 Å². The number of aliphatic hydroxyl groups is 2. The monoisotopic (exact) mass is 650 g/mol. The van der Waals surface area contributed by atoms with Crippen LogP contribution in [0.15, 0.2) is 12.2 Å². The second kappa shape index (κ2) is 38.6. The van der Waals surface area contributed by atoms with Gasteiger partial charge in [-0.05, 0) is 19.3 Å². The standard InChI is InChI=1S/C42H83NO3/c1-3-5-7-9-11-13-15-16-17-18-19-20-21-22-23-24-25-26-27-28-30-32-34-36-38-42(46)43-40(39-44)41(45)37-35-33-31-29-14-12-10-8-6-4-2/h35,37,40-41,44-45H,3-34,36,38-39H2,1-2H3,(H,43,46)/b37-35+. The number of hydrogen-bond donors (Lipinski definition) is 3. The van der Waals surface area contributed by atoms with Gasteiger partial charge in [0.2, 0.25) is 5.91 Å². The highest BCUT2D eigenvalue weighted by molar-refractivity contribution is 5.76. The van der Waals surface area contributed by atoms with E-state index in [1.807, 2.05) is 6.08 Å². The van der Waals surface area contributed by atoms with Gasteiger partial charge in [-0.3, -0.25) is 4.79 Å². The molecule has 0 saturated heterocycles. The largest absolute Gasteiger partial charge is 0.394 e. The molecule has 1 amide bonds. The second-order valence-electron chi connectivity index (χ2n) is 14.4. The van der Waals surface area contributed by atoms with Gasteiger partial charge in [0, 0.05) is 6.42 Å². The Labute approximate surface area is 288 Å². The summed E-state index contributed by atoms with van der Waals surface area (Å²) in [5, 5.41) is 22.9.